The predicted molar refractivity (Wildman–Crippen MR) is 103 cm³/mol. The van der Waals surface area contributed by atoms with Gasteiger partial charge in [-0.3, -0.25) is 0 Å². The smallest absolute Gasteiger partial charge is 0.320 e. The van der Waals surface area contributed by atoms with Gasteiger partial charge in [-0.15, -0.1) is 0 Å². The van der Waals surface area contributed by atoms with Crippen molar-refractivity contribution in [3.63, 3.8) is 0 Å². The molecule has 0 heterocycles. The van der Waals surface area contributed by atoms with Gasteiger partial charge in [0.1, 0.15) is 5.41 Å². The lowest BCUT2D eigenvalue weighted by molar-refractivity contribution is -0.593. The number of halogens is 1. The first-order valence-corrected chi connectivity index (χ1v) is 9.47. The highest BCUT2D eigenvalue weighted by Gasteiger charge is 2.95. The molecule has 0 spiro atoms. The molecule has 16 nitrogen and oxygen atoms in total. The Morgan fingerprint density at radius 2 is 1.03 bits per heavy atom. The van der Waals surface area contributed by atoms with Gasteiger partial charge in [0, 0.05) is 5.02 Å². The summed E-state index contributed by atoms with van der Waals surface area (Å²) in [5, 5.41) is 152. The molecular formula is C17H26ClNO15. The van der Waals surface area contributed by atoms with Crippen molar-refractivity contribution in [1.29, 1.82) is 0 Å². The molecule has 1 fully saturated rings. The Hall–Kier alpha value is -1.13. The molecule has 1 saturated carbocycles. The van der Waals surface area contributed by atoms with Crippen molar-refractivity contribution < 1.29 is 76.6 Å². The van der Waals surface area contributed by atoms with E-state index in [1.807, 2.05) is 0 Å². The number of benzene rings is 1. The summed E-state index contributed by atoms with van der Waals surface area (Å²) in [6, 6.07) is 0.370. The molecule has 196 valence electrons. The van der Waals surface area contributed by atoms with E-state index in [9.17, 15) is 76.6 Å². The van der Waals surface area contributed by atoms with Crippen LogP contribution in [0.5, 0.6) is 0 Å². The van der Waals surface area contributed by atoms with Crippen LogP contribution in [0.1, 0.15) is 5.56 Å². The quantitative estimate of drug-likeness (QED) is 0.149. The van der Waals surface area contributed by atoms with E-state index >= 15 is 0 Å². The summed E-state index contributed by atoms with van der Waals surface area (Å²) >= 11 is 5.75. The van der Waals surface area contributed by atoms with Crippen LogP contribution in [0.2, 0.25) is 5.02 Å². The van der Waals surface area contributed by atoms with Gasteiger partial charge in [0.25, 0.3) is 11.4 Å². The van der Waals surface area contributed by atoms with Crippen molar-refractivity contribution >= 4 is 11.6 Å². The zero-order valence-electron chi connectivity index (χ0n) is 17.4. The van der Waals surface area contributed by atoms with E-state index in [1.54, 1.807) is 0 Å². The Morgan fingerprint density at radius 1 is 0.676 bits per heavy atom. The van der Waals surface area contributed by atoms with Gasteiger partial charge in [0.05, 0.1) is 6.04 Å². The van der Waals surface area contributed by atoms with Gasteiger partial charge in [-0.25, -0.2) is 0 Å². The van der Waals surface area contributed by atoms with Gasteiger partial charge in [-0.1, -0.05) is 23.7 Å². The van der Waals surface area contributed by atoms with Crippen molar-refractivity contribution in [2.45, 2.75) is 52.2 Å². The van der Waals surface area contributed by atoms with Gasteiger partial charge < -0.3 is 81.5 Å². The lowest BCUT2D eigenvalue weighted by Gasteiger charge is -2.71. The van der Waals surface area contributed by atoms with Gasteiger partial charge in [-0.05, 0) is 31.8 Å². The number of hydrogen-bond acceptors (Lipinski definition) is 16. The molecule has 0 bridgehead atoms. The van der Waals surface area contributed by atoms with E-state index < -0.39 is 57.7 Å². The second-order valence-corrected chi connectivity index (χ2v) is 8.84. The van der Waals surface area contributed by atoms with Crippen molar-refractivity contribution in [2.75, 3.05) is 14.1 Å². The summed E-state index contributed by atoms with van der Waals surface area (Å²) in [4.78, 5) is 0.370. The predicted octanol–water partition coefficient (Wildman–Crippen LogP) is -7.76. The molecule has 0 amide bonds. The molecule has 1 unspecified atom stereocenters. The lowest BCUT2D eigenvalue weighted by atomic mass is 9.45. The standard InChI is InChI=1S/C17H26ClNO15/c1-19(2)9(11(20,21)12(22,16(29,30)31)17(32,33)34)10(7-3-5-8(18)6-4-7)13(23,24)15(27,28)14(10,25)26/h3-6,9,20-34H,1-2H3. The van der Waals surface area contributed by atoms with E-state index in [2.05, 4.69) is 0 Å². The van der Waals surface area contributed by atoms with Crippen molar-refractivity contribution in [3.8, 4) is 0 Å². The second kappa shape index (κ2) is 7.68. The maximum absolute atomic E-state index is 10.9. The second-order valence-electron chi connectivity index (χ2n) is 8.41. The largest absolute Gasteiger partial charge is 0.371 e. The van der Waals surface area contributed by atoms with Crippen LogP contribution in [0.3, 0.4) is 0 Å². The van der Waals surface area contributed by atoms with E-state index in [0.717, 1.165) is 38.4 Å². The molecule has 1 atom stereocenters. The fourth-order valence-corrected chi connectivity index (χ4v) is 4.72. The normalized spacial score (nSPS) is 22.9. The Balaban J connectivity index is 3.10. The molecule has 0 aliphatic heterocycles. The first-order valence-electron chi connectivity index (χ1n) is 9.09. The van der Waals surface area contributed by atoms with Crippen LogP contribution in [0.15, 0.2) is 24.3 Å². The average molecular weight is 520 g/mol. The summed E-state index contributed by atoms with van der Waals surface area (Å²) < 4.78 is 0. The van der Waals surface area contributed by atoms with Gasteiger partial charge >= 0.3 is 11.9 Å². The highest BCUT2D eigenvalue weighted by molar-refractivity contribution is 6.30. The van der Waals surface area contributed by atoms with E-state index in [0.29, 0.717) is 4.90 Å². The molecule has 1 aromatic carbocycles. The molecule has 17 heteroatoms. The molecule has 0 saturated heterocycles. The van der Waals surface area contributed by atoms with Crippen LogP contribution in [-0.2, 0) is 5.41 Å². The Kier molecular flexibility index (Phi) is 6.58. The zero-order chi connectivity index (χ0) is 27.1. The maximum Gasteiger partial charge on any atom is 0.320 e. The average Bonchev–Trinajstić information content (AvgIpc) is 2.62. The summed E-state index contributed by atoms with van der Waals surface area (Å²) in [6.07, 6.45) is 0. The molecule has 2 rings (SSSR count). The van der Waals surface area contributed by atoms with Crippen LogP contribution in [0.4, 0.5) is 0 Å². The number of nitrogens with zero attached hydrogens (tertiary/aromatic N) is 1. The van der Waals surface area contributed by atoms with E-state index in [4.69, 9.17) is 11.6 Å². The molecule has 0 aromatic heterocycles. The fraction of sp³-hybridized carbons (Fsp3) is 0.647. The lowest BCUT2D eigenvalue weighted by Crippen LogP contribution is -3.00. The first kappa shape index (κ1) is 29.1. The van der Waals surface area contributed by atoms with Crippen LogP contribution >= 0.6 is 11.6 Å². The van der Waals surface area contributed by atoms with Crippen molar-refractivity contribution in [3.05, 3.63) is 34.9 Å². The number of hydrogen-bond donors (Lipinski definition) is 15. The molecule has 0 radical (unpaired) electrons. The van der Waals surface area contributed by atoms with E-state index in [1.165, 1.54) is 0 Å². The van der Waals surface area contributed by atoms with E-state index in [-0.39, 0.29) is 5.02 Å². The van der Waals surface area contributed by atoms with Gasteiger partial charge in [-0.2, -0.15) is 0 Å². The summed E-state index contributed by atoms with van der Waals surface area (Å²) in [5.74, 6) is -27.7. The summed E-state index contributed by atoms with van der Waals surface area (Å²) in [6.45, 7) is 0. The minimum Gasteiger partial charge on any atom is -0.371 e. The maximum atomic E-state index is 10.9. The van der Waals surface area contributed by atoms with Crippen LogP contribution in [-0.4, -0.2) is 142 Å². The highest BCUT2D eigenvalue weighted by Crippen LogP contribution is 2.65. The molecule has 1 aliphatic carbocycles. The first-order chi connectivity index (χ1) is 14.8. The molecular weight excluding hydrogens is 494 g/mol. The zero-order valence-corrected chi connectivity index (χ0v) is 18.2. The monoisotopic (exact) mass is 519 g/mol. The Bertz CT molecular complexity index is 884. The fourth-order valence-electron chi connectivity index (χ4n) is 4.59. The third kappa shape index (κ3) is 3.13. The molecule has 1 aliphatic rings. The van der Waals surface area contributed by atoms with Crippen LogP contribution in [0, 0.1) is 0 Å². The van der Waals surface area contributed by atoms with Crippen molar-refractivity contribution in [1.82, 2.24) is 4.90 Å². The topological polar surface area (TPSA) is 307 Å². The summed E-state index contributed by atoms with van der Waals surface area (Å²) in [7, 11) is 1.57. The minimum atomic E-state index is -5.13. The Morgan fingerprint density at radius 3 is 1.32 bits per heavy atom. The van der Waals surface area contributed by atoms with Crippen LogP contribution in [0.25, 0.3) is 0 Å². The number of rotatable bonds is 7. The Labute approximate surface area is 194 Å². The molecule has 34 heavy (non-hydrogen) atoms. The third-order valence-corrected chi connectivity index (χ3v) is 6.43. The van der Waals surface area contributed by atoms with Gasteiger partial charge in [0.15, 0.2) is 0 Å². The van der Waals surface area contributed by atoms with Crippen LogP contribution < -0.4 is 0 Å². The van der Waals surface area contributed by atoms with Gasteiger partial charge in [0.2, 0.25) is 17.4 Å². The minimum absolute atomic E-state index is 0.0576. The third-order valence-electron chi connectivity index (χ3n) is 6.18. The number of aliphatic hydroxyl groups is 15. The van der Waals surface area contributed by atoms with Crippen molar-refractivity contribution in [2.24, 2.45) is 0 Å². The SMILES string of the molecule is CN(C)C(C(O)(O)C(O)(C(O)(O)O)C(O)(O)O)C1(c2ccc(Cl)cc2)C(O)(O)C(O)(O)C1(O)O. The molecule has 1 aromatic rings. The number of likely N-dealkylation sites (N-methyl/N-ethyl adjacent to an activating group) is 1. The summed E-state index contributed by atoms with van der Waals surface area (Å²) in [5.41, 5.74) is -9.64. The highest BCUT2D eigenvalue weighted by atomic mass is 35.5. The molecule has 15 N–H and O–H groups in total.